The fourth-order valence-electron chi connectivity index (χ4n) is 1.45. The third kappa shape index (κ3) is 12.7. The van der Waals surface area contributed by atoms with Crippen LogP contribution in [0.1, 0.15) is 51.4 Å². The SMILES string of the molecule is C=CC#CC=CCCCCCCCCC=O. The highest BCUT2D eigenvalue weighted by Crippen LogP contribution is 2.08. The number of hydrogen-bond acceptors (Lipinski definition) is 1. The number of carbonyl (C=O) groups excluding carboxylic acids is 1. The van der Waals surface area contributed by atoms with Crippen molar-refractivity contribution in [2.75, 3.05) is 0 Å². The van der Waals surface area contributed by atoms with E-state index in [0.29, 0.717) is 0 Å². The van der Waals surface area contributed by atoms with E-state index in [4.69, 9.17) is 0 Å². The highest BCUT2D eigenvalue weighted by Gasteiger charge is 1.89. The van der Waals surface area contributed by atoms with Gasteiger partial charge < -0.3 is 4.79 Å². The van der Waals surface area contributed by atoms with Crippen molar-refractivity contribution in [1.29, 1.82) is 0 Å². The first kappa shape index (κ1) is 14.7. The lowest BCUT2D eigenvalue weighted by atomic mass is 10.1. The van der Waals surface area contributed by atoms with Gasteiger partial charge in [-0.2, -0.15) is 0 Å². The predicted molar refractivity (Wildman–Crippen MR) is 70.1 cm³/mol. The van der Waals surface area contributed by atoms with Crippen molar-refractivity contribution in [3.05, 3.63) is 24.8 Å². The van der Waals surface area contributed by atoms with Crippen LogP contribution < -0.4 is 0 Å². The molecule has 16 heavy (non-hydrogen) atoms. The van der Waals surface area contributed by atoms with Gasteiger partial charge in [-0.25, -0.2) is 0 Å². The fraction of sp³-hybridized carbons (Fsp3) is 0.533. The van der Waals surface area contributed by atoms with Gasteiger partial charge in [0.15, 0.2) is 0 Å². The summed E-state index contributed by atoms with van der Waals surface area (Å²) in [5.74, 6) is 5.66. The van der Waals surface area contributed by atoms with Crippen molar-refractivity contribution in [2.24, 2.45) is 0 Å². The van der Waals surface area contributed by atoms with Crippen molar-refractivity contribution >= 4 is 6.29 Å². The summed E-state index contributed by atoms with van der Waals surface area (Å²) in [5, 5.41) is 0. The average Bonchev–Trinajstić information content (AvgIpc) is 2.31. The monoisotopic (exact) mass is 218 g/mol. The minimum absolute atomic E-state index is 0.727. The van der Waals surface area contributed by atoms with Crippen LogP contribution in [0, 0.1) is 11.8 Å². The van der Waals surface area contributed by atoms with Gasteiger partial charge in [-0.05, 0) is 31.4 Å². The summed E-state index contributed by atoms with van der Waals surface area (Å²) in [4.78, 5) is 10.1. The standard InChI is InChI=1S/C15H22O/c1-2-3-4-5-6-7-8-9-10-11-12-13-14-15-16/h2,5-6,15H,1,7-14H2. The Bertz CT molecular complexity index is 252. The third-order valence-corrected chi connectivity index (χ3v) is 2.33. The number of rotatable bonds is 9. The average molecular weight is 218 g/mol. The second kappa shape index (κ2) is 13.7. The molecule has 1 heteroatoms. The number of hydrogen-bond donors (Lipinski definition) is 0. The number of allylic oxidation sites excluding steroid dienone is 3. The topological polar surface area (TPSA) is 17.1 Å². The van der Waals surface area contributed by atoms with E-state index < -0.39 is 0 Å². The van der Waals surface area contributed by atoms with Crippen molar-refractivity contribution < 1.29 is 4.79 Å². The van der Waals surface area contributed by atoms with Crippen LogP contribution in [0.3, 0.4) is 0 Å². The molecule has 0 spiro atoms. The molecule has 0 aromatic heterocycles. The van der Waals surface area contributed by atoms with Gasteiger partial charge >= 0.3 is 0 Å². The maximum Gasteiger partial charge on any atom is 0.119 e. The molecular weight excluding hydrogens is 196 g/mol. The first-order valence-corrected chi connectivity index (χ1v) is 6.12. The first-order chi connectivity index (χ1) is 7.91. The van der Waals surface area contributed by atoms with Crippen LogP contribution in [0.15, 0.2) is 24.8 Å². The molecule has 0 saturated heterocycles. The van der Waals surface area contributed by atoms with Gasteiger partial charge in [0, 0.05) is 6.42 Å². The zero-order chi connectivity index (χ0) is 11.9. The summed E-state index contributed by atoms with van der Waals surface area (Å²) < 4.78 is 0. The van der Waals surface area contributed by atoms with Crippen LogP contribution in [0.25, 0.3) is 0 Å². The Labute approximate surface area is 99.6 Å². The van der Waals surface area contributed by atoms with Crippen LogP contribution in [-0.4, -0.2) is 6.29 Å². The number of carbonyl (C=O) groups is 1. The van der Waals surface area contributed by atoms with Crippen molar-refractivity contribution in [3.8, 4) is 11.8 Å². The minimum atomic E-state index is 0.727. The molecule has 0 aliphatic carbocycles. The van der Waals surface area contributed by atoms with Gasteiger partial charge in [0.2, 0.25) is 0 Å². The Kier molecular flexibility index (Phi) is 12.6. The molecule has 0 aliphatic rings. The molecule has 88 valence electrons. The largest absolute Gasteiger partial charge is 0.303 e. The van der Waals surface area contributed by atoms with Gasteiger partial charge in [-0.15, -0.1) is 0 Å². The quantitative estimate of drug-likeness (QED) is 0.324. The van der Waals surface area contributed by atoms with Gasteiger partial charge in [-0.3, -0.25) is 0 Å². The summed E-state index contributed by atoms with van der Waals surface area (Å²) in [5.41, 5.74) is 0. The lowest BCUT2D eigenvalue weighted by Gasteiger charge is -1.98. The van der Waals surface area contributed by atoms with E-state index in [2.05, 4.69) is 24.5 Å². The Morgan fingerprint density at radius 1 is 0.875 bits per heavy atom. The second-order valence-corrected chi connectivity index (χ2v) is 3.76. The van der Waals surface area contributed by atoms with Gasteiger partial charge in [-0.1, -0.05) is 50.2 Å². The van der Waals surface area contributed by atoms with E-state index >= 15 is 0 Å². The van der Waals surface area contributed by atoms with E-state index in [1.165, 1.54) is 32.1 Å². The second-order valence-electron chi connectivity index (χ2n) is 3.76. The fourth-order valence-corrected chi connectivity index (χ4v) is 1.45. The molecule has 0 fully saturated rings. The van der Waals surface area contributed by atoms with Crippen molar-refractivity contribution in [1.82, 2.24) is 0 Å². The minimum Gasteiger partial charge on any atom is -0.303 e. The molecule has 0 aromatic rings. The van der Waals surface area contributed by atoms with Crippen LogP contribution in [0.2, 0.25) is 0 Å². The van der Waals surface area contributed by atoms with Gasteiger partial charge in [0.25, 0.3) is 0 Å². The maximum absolute atomic E-state index is 10.1. The molecule has 1 nitrogen and oxygen atoms in total. The van der Waals surface area contributed by atoms with Crippen LogP contribution >= 0.6 is 0 Å². The summed E-state index contributed by atoms with van der Waals surface area (Å²) in [6, 6.07) is 0. The molecule has 0 aliphatic heterocycles. The lowest BCUT2D eigenvalue weighted by Crippen LogP contribution is -1.80. The van der Waals surface area contributed by atoms with E-state index in [1.807, 2.05) is 6.08 Å². The molecule has 0 saturated carbocycles. The van der Waals surface area contributed by atoms with E-state index in [0.717, 1.165) is 25.5 Å². The Hall–Kier alpha value is -1.29. The van der Waals surface area contributed by atoms with E-state index in [1.54, 1.807) is 6.08 Å². The molecular formula is C15H22O. The highest BCUT2D eigenvalue weighted by molar-refractivity contribution is 5.48. The molecule has 0 unspecified atom stereocenters. The van der Waals surface area contributed by atoms with E-state index in [9.17, 15) is 4.79 Å². The smallest absolute Gasteiger partial charge is 0.119 e. The predicted octanol–water partition coefficient (Wildman–Crippen LogP) is 4.05. The Morgan fingerprint density at radius 3 is 2.12 bits per heavy atom. The summed E-state index contributed by atoms with van der Waals surface area (Å²) in [7, 11) is 0. The molecule has 0 N–H and O–H groups in total. The number of unbranched alkanes of at least 4 members (excludes halogenated alkanes) is 7. The lowest BCUT2D eigenvalue weighted by molar-refractivity contribution is -0.107. The van der Waals surface area contributed by atoms with Crippen molar-refractivity contribution in [2.45, 2.75) is 51.4 Å². The van der Waals surface area contributed by atoms with Crippen molar-refractivity contribution in [3.63, 3.8) is 0 Å². The Morgan fingerprint density at radius 2 is 1.50 bits per heavy atom. The molecule has 0 aromatic carbocycles. The zero-order valence-corrected chi connectivity index (χ0v) is 10.1. The first-order valence-electron chi connectivity index (χ1n) is 6.12. The summed E-state index contributed by atoms with van der Waals surface area (Å²) in [6.07, 6.45) is 15.8. The Balaban J connectivity index is 3.12. The maximum atomic E-state index is 10.1. The number of aldehydes is 1. The van der Waals surface area contributed by atoms with Gasteiger partial charge in [0.05, 0.1) is 0 Å². The summed E-state index contributed by atoms with van der Waals surface area (Å²) >= 11 is 0. The normalized spacial score (nSPS) is 9.75. The highest BCUT2D eigenvalue weighted by atomic mass is 16.1. The summed E-state index contributed by atoms with van der Waals surface area (Å²) in [6.45, 7) is 3.52. The molecule has 0 atom stereocenters. The van der Waals surface area contributed by atoms with Crippen LogP contribution in [0.4, 0.5) is 0 Å². The van der Waals surface area contributed by atoms with Gasteiger partial charge in [0.1, 0.15) is 6.29 Å². The zero-order valence-electron chi connectivity index (χ0n) is 10.1. The molecule has 0 amide bonds. The molecule has 0 bridgehead atoms. The molecule has 0 heterocycles. The third-order valence-electron chi connectivity index (χ3n) is 2.33. The van der Waals surface area contributed by atoms with Crippen LogP contribution in [-0.2, 0) is 4.79 Å². The van der Waals surface area contributed by atoms with Crippen LogP contribution in [0.5, 0.6) is 0 Å². The molecule has 0 rings (SSSR count). The van der Waals surface area contributed by atoms with E-state index in [-0.39, 0.29) is 0 Å². The molecule has 0 radical (unpaired) electrons.